The Labute approximate surface area is 53.6 Å². The highest BCUT2D eigenvalue weighted by molar-refractivity contribution is 4.52. The van der Waals surface area contributed by atoms with Gasteiger partial charge in [-0.3, -0.25) is 0 Å². The van der Waals surface area contributed by atoms with Gasteiger partial charge in [-0.1, -0.05) is 41.2 Å². The predicted octanol–water partition coefficient (Wildman–Crippen LogP) is 3.19. The predicted molar refractivity (Wildman–Crippen MR) is 43.0 cm³/mol. The van der Waals surface area contributed by atoms with E-state index in [9.17, 15) is 0 Å². The Balaban J connectivity index is -0.0000000160. The van der Waals surface area contributed by atoms with E-state index in [4.69, 9.17) is 0 Å². The zero-order valence-corrected chi connectivity index (χ0v) is 3.83. The molecule has 0 heterocycles. The summed E-state index contributed by atoms with van der Waals surface area (Å²) in [6.07, 6.45) is 0. The van der Waals surface area contributed by atoms with Gasteiger partial charge in [-0.25, -0.2) is 0 Å². The molecule has 0 saturated heterocycles. The van der Waals surface area contributed by atoms with Crippen LogP contribution >= 0.6 is 0 Å². The van der Waals surface area contributed by atoms with Crippen molar-refractivity contribution in [3.8, 4) is 0 Å². The van der Waals surface area contributed by atoms with Gasteiger partial charge in [0.2, 0.25) is 0 Å². The molecular formula is C8H16. The van der Waals surface area contributed by atoms with Crippen molar-refractivity contribution in [3.05, 3.63) is 37.8 Å². The first kappa shape index (κ1) is 27.8. The molecule has 0 bridgehead atoms. The van der Waals surface area contributed by atoms with Crippen molar-refractivity contribution in [3.63, 3.8) is 0 Å². The van der Waals surface area contributed by atoms with Gasteiger partial charge in [0, 0.05) is 0 Å². The lowest BCUT2D eigenvalue weighted by Gasteiger charge is -1.10. The molecule has 0 aliphatic rings. The van der Waals surface area contributed by atoms with E-state index in [-0.39, 0.29) is 14.9 Å². The van der Waals surface area contributed by atoms with Gasteiger partial charge in [0.15, 0.2) is 0 Å². The molecule has 8 heavy (non-hydrogen) atoms. The van der Waals surface area contributed by atoms with E-state index >= 15 is 0 Å². The largest absolute Gasteiger partial charge is 0.137 e. The van der Waals surface area contributed by atoms with Crippen molar-refractivity contribution in [2.75, 3.05) is 0 Å². The summed E-state index contributed by atoms with van der Waals surface area (Å²) in [5.41, 5.74) is 4.50. The molecule has 0 amide bonds. The normalized spacial score (nSPS) is 2.00. The molecular weight excluding hydrogens is 96.1 g/mol. The second-order valence-corrected chi connectivity index (χ2v) is 0.500. The first-order valence-corrected chi connectivity index (χ1v) is 1.41. The molecule has 0 aromatic carbocycles. The monoisotopic (exact) mass is 112 g/mol. The minimum Gasteiger partial charge on any atom is -0.137 e. The Kier molecular flexibility index (Phi) is 493. The first-order chi connectivity index (χ1) is 2.83. The van der Waals surface area contributed by atoms with Crippen LogP contribution in [0.25, 0.3) is 0 Å². The number of hydrogen-bond donors (Lipinski definition) is 0. The van der Waals surface area contributed by atoms with Crippen LogP contribution < -0.4 is 0 Å². The Bertz CT molecular complexity index is 54.0. The quantitative estimate of drug-likeness (QED) is 0.422. The molecule has 0 rings (SSSR count). The summed E-state index contributed by atoms with van der Waals surface area (Å²) in [6, 6.07) is 0. The van der Waals surface area contributed by atoms with Crippen LogP contribution in [-0.4, -0.2) is 0 Å². The Hall–Kier alpha value is -0.960. The SMILES string of the molecule is C.C.C=C=C.C=C=C. The fourth-order valence-corrected chi connectivity index (χ4v) is 0. The maximum Gasteiger partial charge on any atom is -0.0572 e. The van der Waals surface area contributed by atoms with Crippen molar-refractivity contribution in [2.45, 2.75) is 14.9 Å². The summed E-state index contributed by atoms with van der Waals surface area (Å²) >= 11 is 0. The summed E-state index contributed by atoms with van der Waals surface area (Å²) in [5, 5.41) is 0. The third-order valence-electron chi connectivity index (χ3n) is 0. The molecule has 0 aliphatic carbocycles. The van der Waals surface area contributed by atoms with E-state index in [0.717, 1.165) is 0 Å². The molecule has 0 unspecified atom stereocenters. The van der Waals surface area contributed by atoms with Gasteiger partial charge in [0.05, 0.1) is 0 Å². The van der Waals surface area contributed by atoms with E-state index in [2.05, 4.69) is 37.8 Å². The molecule has 0 N–H and O–H groups in total. The molecule has 48 valence electrons. The molecule has 0 nitrogen and oxygen atoms in total. The molecule has 0 radical (unpaired) electrons. The molecule has 0 spiro atoms. The average Bonchev–Trinajstić information content (AvgIpc) is 1.39. The Morgan fingerprint density at radius 1 is 0.625 bits per heavy atom. The zero-order chi connectivity index (χ0) is 5.41. The van der Waals surface area contributed by atoms with E-state index in [1.165, 1.54) is 0 Å². The van der Waals surface area contributed by atoms with Crippen LogP contribution in [0.4, 0.5) is 0 Å². The van der Waals surface area contributed by atoms with Gasteiger partial charge >= 0.3 is 0 Å². The molecule has 0 aromatic heterocycles. The smallest absolute Gasteiger partial charge is 0.0572 e. The van der Waals surface area contributed by atoms with Crippen LogP contribution in [-0.2, 0) is 0 Å². The van der Waals surface area contributed by atoms with Gasteiger partial charge < -0.3 is 0 Å². The summed E-state index contributed by atoms with van der Waals surface area (Å²) in [6.45, 7) is 12.5. The highest BCUT2D eigenvalue weighted by atomic mass is 13.0. The van der Waals surface area contributed by atoms with Crippen LogP contribution in [0.5, 0.6) is 0 Å². The van der Waals surface area contributed by atoms with Crippen LogP contribution in [0.1, 0.15) is 14.9 Å². The van der Waals surface area contributed by atoms with Crippen molar-refractivity contribution < 1.29 is 0 Å². The molecule has 0 atom stereocenters. The number of hydrogen-bond acceptors (Lipinski definition) is 0. The zero-order valence-electron chi connectivity index (χ0n) is 3.83. The van der Waals surface area contributed by atoms with Crippen molar-refractivity contribution in [1.82, 2.24) is 0 Å². The Morgan fingerprint density at radius 3 is 0.625 bits per heavy atom. The topological polar surface area (TPSA) is 0 Å². The highest BCUT2D eigenvalue weighted by Crippen LogP contribution is 1.16. The molecule has 0 aromatic rings. The summed E-state index contributed by atoms with van der Waals surface area (Å²) < 4.78 is 0. The summed E-state index contributed by atoms with van der Waals surface area (Å²) in [5.74, 6) is 0. The third kappa shape index (κ3) is 89.3. The lowest BCUT2D eigenvalue weighted by molar-refractivity contribution is 2.50. The van der Waals surface area contributed by atoms with Crippen LogP contribution in [0.15, 0.2) is 37.8 Å². The molecule has 0 saturated carbocycles. The van der Waals surface area contributed by atoms with Crippen molar-refractivity contribution in [2.24, 2.45) is 0 Å². The van der Waals surface area contributed by atoms with E-state index in [0.29, 0.717) is 0 Å². The second-order valence-electron chi connectivity index (χ2n) is 0.500. The average molecular weight is 112 g/mol. The minimum atomic E-state index is 0. The lowest BCUT2D eigenvalue weighted by Crippen LogP contribution is -0.844. The van der Waals surface area contributed by atoms with E-state index in [1.807, 2.05) is 0 Å². The van der Waals surface area contributed by atoms with Gasteiger partial charge in [-0.15, -0.1) is 11.5 Å². The standard InChI is InChI=1S/2C3H4.2CH4/c2*1-3-2;;/h2*1-2H2;2*1H4. The maximum atomic E-state index is 3.12. The fraction of sp³-hybridized carbons (Fsp3) is 0.250. The molecule has 0 fully saturated rings. The van der Waals surface area contributed by atoms with E-state index in [1.54, 1.807) is 0 Å². The number of rotatable bonds is 0. The molecule has 0 heteroatoms. The summed E-state index contributed by atoms with van der Waals surface area (Å²) in [7, 11) is 0. The lowest BCUT2D eigenvalue weighted by atomic mass is 11.0. The van der Waals surface area contributed by atoms with Crippen LogP contribution in [0.2, 0.25) is 0 Å². The first-order valence-electron chi connectivity index (χ1n) is 1.41. The van der Waals surface area contributed by atoms with Crippen LogP contribution in [0, 0.1) is 0 Å². The van der Waals surface area contributed by atoms with Gasteiger partial charge in [-0.05, 0) is 0 Å². The Morgan fingerprint density at radius 2 is 0.625 bits per heavy atom. The van der Waals surface area contributed by atoms with Crippen molar-refractivity contribution >= 4 is 0 Å². The van der Waals surface area contributed by atoms with E-state index < -0.39 is 0 Å². The van der Waals surface area contributed by atoms with Gasteiger partial charge in [-0.2, -0.15) is 0 Å². The second kappa shape index (κ2) is 142. The fourth-order valence-electron chi connectivity index (χ4n) is 0. The van der Waals surface area contributed by atoms with Crippen LogP contribution in [0.3, 0.4) is 0 Å². The summed E-state index contributed by atoms with van der Waals surface area (Å²) in [4.78, 5) is 0. The van der Waals surface area contributed by atoms with Crippen molar-refractivity contribution in [1.29, 1.82) is 0 Å². The van der Waals surface area contributed by atoms with Gasteiger partial charge in [0.1, 0.15) is 0 Å². The minimum absolute atomic E-state index is 0. The third-order valence-corrected chi connectivity index (χ3v) is 0. The maximum absolute atomic E-state index is 3.12. The molecule has 0 aliphatic heterocycles. The van der Waals surface area contributed by atoms with Gasteiger partial charge in [0.25, 0.3) is 0 Å². The highest BCUT2D eigenvalue weighted by Gasteiger charge is 0.907.